The fraction of sp³-hybridized carbons (Fsp3) is 0.115. The molecule has 4 aromatic carbocycles. The molecule has 0 fully saturated rings. The topological polar surface area (TPSA) is 202 Å². The van der Waals surface area contributed by atoms with Gasteiger partial charge in [-0.1, -0.05) is 103 Å². The molecule has 5 heterocycles. The van der Waals surface area contributed by atoms with Gasteiger partial charge in [0.2, 0.25) is 0 Å². The Morgan fingerprint density at radius 1 is 0.477 bits per heavy atom. The number of aromatic nitrogens is 1. The molecule has 6 N–H and O–H groups in total. The van der Waals surface area contributed by atoms with Crippen molar-refractivity contribution in [3.63, 3.8) is 0 Å². The molecule has 13 heteroatoms. The van der Waals surface area contributed by atoms with Gasteiger partial charge in [0.25, 0.3) is 0 Å². The largest absolute Gasteiger partial charge is 3.00 e. The summed E-state index contributed by atoms with van der Waals surface area (Å²) in [5.41, 5.74) is 12.6. The Labute approximate surface area is 383 Å². The van der Waals surface area contributed by atoms with E-state index in [1.54, 1.807) is 24.3 Å². The van der Waals surface area contributed by atoms with E-state index in [9.17, 15) is 39.6 Å². The quantitative estimate of drug-likeness (QED) is 0.0810. The zero-order chi connectivity index (χ0) is 44.5. The Balaban J connectivity index is 0.00000576. The van der Waals surface area contributed by atoms with Gasteiger partial charge in [0, 0.05) is 38.7 Å². The Kier molecular flexibility index (Phi) is 12.4. The minimum absolute atomic E-state index is 0. The van der Waals surface area contributed by atoms with Gasteiger partial charge in [0.05, 0.1) is 54.5 Å². The maximum absolute atomic E-state index is 11.6. The van der Waals surface area contributed by atoms with Crippen molar-refractivity contribution in [1.29, 1.82) is 0 Å². The van der Waals surface area contributed by atoms with E-state index in [2.05, 4.69) is 16.4 Å². The summed E-state index contributed by atoms with van der Waals surface area (Å²) in [4.78, 5) is 60.6. The Bertz CT molecular complexity index is 3130. The van der Waals surface area contributed by atoms with Crippen LogP contribution < -0.4 is 16.0 Å². The number of allylic oxidation sites excluding steroid dienone is 5. The van der Waals surface area contributed by atoms with Gasteiger partial charge in [-0.2, -0.15) is 0 Å². The Hall–Kier alpha value is -7.86. The third kappa shape index (κ3) is 9.42. The molecule has 65 heavy (non-hydrogen) atoms. The average Bonchev–Trinajstić information content (AvgIpc) is 4.11. The average molecular weight is 905 g/mol. The van der Waals surface area contributed by atoms with Gasteiger partial charge in [-0.25, -0.2) is 9.98 Å². The number of carboxylic acids is 4. The van der Waals surface area contributed by atoms with Crippen molar-refractivity contribution in [3.05, 3.63) is 212 Å². The number of aliphatic carboxylic acids is 4. The number of hydrogen-bond acceptors (Lipinski definition) is 7. The van der Waals surface area contributed by atoms with E-state index >= 15 is 0 Å². The predicted molar refractivity (Wildman–Crippen MR) is 243 cm³/mol. The Morgan fingerprint density at radius 3 is 1.26 bits per heavy atom. The van der Waals surface area contributed by atoms with Crippen molar-refractivity contribution in [2.24, 2.45) is 9.98 Å². The van der Waals surface area contributed by atoms with Gasteiger partial charge in [-0.3, -0.25) is 19.2 Å². The van der Waals surface area contributed by atoms with E-state index in [1.807, 2.05) is 109 Å². The molecule has 321 valence electrons. The fourth-order valence-electron chi connectivity index (χ4n) is 8.60. The number of benzene rings is 4. The van der Waals surface area contributed by atoms with E-state index in [0.29, 0.717) is 51.5 Å². The minimum atomic E-state index is -0.931. The molecule has 1 unspecified atom stereocenters. The van der Waals surface area contributed by atoms with Crippen LogP contribution in [0, 0.1) is 0 Å². The summed E-state index contributed by atoms with van der Waals surface area (Å²) < 4.78 is 0. The zero-order valence-electron chi connectivity index (χ0n) is 34.6. The third-order valence-electron chi connectivity index (χ3n) is 11.5. The smallest absolute Gasteiger partial charge is 0.481 e. The van der Waals surface area contributed by atoms with E-state index in [-0.39, 0.29) is 48.8 Å². The van der Waals surface area contributed by atoms with Crippen LogP contribution in [0.25, 0.3) is 22.3 Å². The second kappa shape index (κ2) is 18.5. The maximum atomic E-state index is 11.6. The van der Waals surface area contributed by atoms with Crippen LogP contribution in [0.3, 0.4) is 0 Å². The number of aromatic amines is 1. The molecule has 8 bridgehead atoms. The third-order valence-corrected chi connectivity index (χ3v) is 11.5. The number of H-pyrrole nitrogens is 1. The molecule has 1 radical (unpaired) electrons. The van der Waals surface area contributed by atoms with Gasteiger partial charge in [0.1, 0.15) is 0 Å². The van der Waals surface area contributed by atoms with Crippen LogP contribution in [-0.4, -0.2) is 66.8 Å². The van der Waals surface area contributed by atoms with Crippen LogP contribution in [0.5, 0.6) is 0 Å². The van der Waals surface area contributed by atoms with Crippen LogP contribution in [0.15, 0.2) is 167 Å². The molecule has 9 rings (SSSR count). The first-order valence-corrected chi connectivity index (χ1v) is 20.6. The first-order valence-electron chi connectivity index (χ1n) is 20.6. The van der Waals surface area contributed by atoms with Crippen molar-refractivity contribution in [1.82, 2.24) is 10.3 Å². The molecule has 0 aliphatic carbocycles. The molecule has 12 nitrogen and oxygen atoms in total. The van der Waals surface area contributed by atoms with Crippen molar-refractivity contribution in [2.75, 3.05) is 0 Å². The van der Waals surface area contributed by atoms with Gasteiger partial charge in [-0.05, 0) is 87.4 Å². The number of carboxylic acid groups (broad SMARTS) is 4. The number of carbonyl (C=O) groups is 4. The molecule has 0 saturated heterocycles. The van der Waals surface area contributed by atoms with E-state index in [4.69, 9.17) is 9.98 Å². The van der Waals surface area contributed by atoms with Crippen molar-refractivity contribution in [2.45, 2.75) is 38.1 Å². The van der Waals surface area contributed by atoms with Crippen LogP contribution in [0.2, 0.25) is 0 Å². The van der Waals surface area contributed by atoms with E-state index < -0.39 is 23.9 Å². The van der Waals surface area contributed by atoms with Crippen molar-refractivity contribution < 1.29 is 56.7 Å². The minimum Gasteiger partial charge on any atom is -0.481 e. The number of aliphatic imine (C=N–C) groups is 2. The van der Waals surface area contributed by atoms with Gasteiger partial charge >= 0.3 is 40.9 Å². The number of nitrogens with one attached hydrogen (secondary N) is 2. The molecule has 0 amide bonds. The first kappa shape index (κ1) is 43.8. The second-order valence-corrected chi connectivity index (χ2v) is 15.9. The molecular formula is C52H40FeN4O8+3. The summed E-state index contributed by atoms with van der Waals surface area (Å²) in [6.07, 6.45) is 10.1. The van der Waals surface area contributed by atoms with Gasteiger partial charge in [0.15, 0.2) is 0 Å². The summed E-state index contributed by atoms with van der Waals surface area (Å²) in [5.74, 6) is -3.71. The van der Waals surface area contributed by atoms with Gasteiger partial charge < -0.3 is 30.7 Å². The fourth-order valence-corrected chi connectivity index (χ4v) is 8.60. The summed E-state index contributed by atoms with van der Waals surface area (Å²) >= 11 is 0. The first-order chi connectivity index (χ1) is 30.9. The number of hydrogen-bond donors (Lipinski definition) is 6. The van der Waals surface area contributed by atoms with Crippen LogP contribution in [0.1, 0.15) is 50.9 Å². The SMILES string of the molecule is O=C(O)Cc1ccc(/C2=C3\C=CC(=N3)/C(c3ccc(CC(=O)O)cc3)=c3/cc/c([nH]3)=C(\c3ccc(CC(=O)O)cc3)C3=N/C(=C(/c4ccc(CC(=O)O)cc4)C4CC=C2N4)C=C3)cc1.[Fe+3]. The summed E-state index contributed by atoms with van der Waals surface area (Å²) in [6, 6.07) is 33.3. The molecule has 0 saturated carbocycles. The summed E-state index contributed by atoms with van der Waals surface area (Å²) in [5, 5.41) is 43.2. The number of rotatable bonds is 12. The summed E-state index contributed by atoms with van der Waals surface area (Å²) in [6.45, 7) is 0. The van der Waals surface area contributed by atoms with Crippen LogP contribution in [0.4, 0.5) is 0 Å². The van der Waals surface area contributed by atoms with Crippen molar-refractivity contribution >= 4 is 57.6 Å². The molecule has 4 aliphatic heterocycles. The molecule has 0 spiro atoms. The monoisotopic (exact) mass is 904 g/mol. The molecule has 5 aromatic rings. The second-order valence-electron chi connectivity index (χ2n) is 15.9. The molecular weight excluding hydrogens is 864 g/mol. The van der Waals surface area contributed by atoms with Gasteiger partial charge in [-0.15, -0.1) is 0 Å². The van der Waals surface area contributed by atoms with Crippen LogP contribution >= 0.6 is 0 Å². The molecule has 1 aromatic heterocycles. The predicted octanol–water partition coefficient (Wildman–Crippen LogP) is 6.02. The van der Waals surface area contributed by atoms with Crippen molar-refractivity contribution in [3.8, 4) is 0 Å². The van der Waals surface area contributed by atoms with Crippen LogP contribution in [-0.2, 0) is 61.9 Å². The zero-order valence-corrected chi connectivity index (χ0v) is 35.7. The summed E-state index contributed by atoms with van der Waals surface area (Å²) in [7, 11) is 0. The number of nitrogens with zero attached hydrogens (tertiary/aromatic N) is 2. The molecule has 4 aliphatic rings. The Morgan fingerprint density at radius 2 is 0.846 bits per heavy atom. The molecule has 1 atom stereocenters. The standard InChI is InChI=1S/C52H40N4O8.Fe/c57-45(58)25-29-1-9-33(10-2-29)49-37-17-19-39(53-37)50(34-11-3-30(4-12-34)26-46(59)60)41-21-23-43(55-41)52(36-15-7-32(8-16-36)28-48(63)64)44-24-22-42(56-44)51(40-20-18-38(49)54-40)35-13-5-31(6-14-35)27-47(61)62;/h1-23,44,53,56H,24-28H2,(H,57,58)(H,59,60)(H,61,62)(H,63,64);/q;+3/b49-37-,50-39-,51-40-,52-43-;. The number of fused-ring (bicyclic) bond motifs is 6. The van der Waals surface area contributed by atoms with E-state index in [0.717, 1.165) is 60.9 Å². The normalized spacial score (nSPS) is 20.1. The van der Waals surface area contributed by atoms with E-state index in [1.165, 1.54) is 0 Å². The maximum Gasteiger partial charge on any atom is 3.00 e.